The number of hydrogen-bond donors (Lipinski definition) is 1. The molecular weight excluding hydrogens is 166 g/mol. The second-order valence-corrected chi connectivity index (χ2v) is 4.45. The van der Waals surface area contributed by atoms with Crippen LogP contribution in [0.25, 0.3) is 0 Å². The first-order valence-corrected chi connectivity index (χ1v) is 4.53. The van der Waals surface area contributed by atoms with Crippen molar-refractivity contribution in [2.75, 3.05) is 0 Å². The number of allylic oxidation sites excluding steroid dienone is 1. The molecule has 1 amide bonds. The van der Waals surface area contributed by atoms with Gasteiger partial charge in [0.15, 0.2) is 0 Å². The van der Waals surface area contributed by atoms with E-state index >= 15 is 0 Å². The lowest BCUT2D eigenvalue weighted by atomic mass is 9.77. The highest BCUT2D eigenvalue weighted by Crippen LogP contribution is 2.35. The van der Waals surface area contributed by atoms with Gasteiger partial charge in [0.25, 0.3) is 0 Å². The number of ether oxygens (including phenoxy) is 1. The number of rotatable bonds is 1. The molecule has 0 aromatic carbocycles. The van der Waals surface area contributed by atoms with Gasteiger partial charge >= 0.3 is 6.09 Å². The molecule has 1 atom stereocenters. The van der Waals surface area contributed by atoms with Gasteiger partial charge < -0.3 is 10.5 Å². The van der Waals surface area contributed by atoms with Crippen molar-refractivity contribution in [3.8, 4) is 0 Å². The van der Waals surface area contributed by atoms with Gasteiger partial charge in [-0.2, -0.15) is 0 Å². The normalized spacial score (nSPS) is 26.4. The lowest BCUT2D eigenvalue weighted by molar-refractivity contribution is 0.0887. The van der Waals surface area contributed by atoms with Crippen LogP contribution in [0.1, 0.15) is 33.6 Å². The van der Waals surface area contributed by atoms with Crippen molar-refractivity contribution in [3.05, 3.63) is 11.6 Å². The van der Waals surface area contributed by atoms with Crippen molar-refractivity contribution >= 4 is 6.09 Å². The molecule has 13 heavy (non-hydrogen) atoms. The molecule has 0 spiro atoms. The van der Waals surface area contributed by atoms with Gasteiger partial charge in [-0.3, -0.25) is 0 Å². The molecule has 1 aliphatic carbocycles. The second kappa shape index (κ2) is 3.40. The maximum Gasteiger partial charge on any atom is 0.405 e. The van der Waals surface area contributed by atoms with Crippen molar-refractivity contribution in [2.24, 2.45) is 11.1 Å². The van der Waals surface area contributed by atoms with E-state index in [4.69, 9.17) is 10.5 Å². The molecule has 0 saturated carbocycles. The molecule has 3 heteroatoms. The van der Waals surface area contributed by atoms with Crippen LogP contribution in [0.3, 0.4) is 0 Å². The maximum absolute atomic E-state index is 10.6. The van der Waals surface area contributed by atoms with Crippen molar-refractivity contribution < 1.29 is 9.53 Å². The summed E-state index contributed by atoms with van der Waals surface area (Å²) in [6.45, 7) is 6.30. The van der Waals surface area contributed by atoms with Crippen LogP contribution < -0.4 is 5.73 Å². The van der Waals surface area contributed by atoms with Gasteiger partial charge in [-0.15, -0.1) is 0 Å². The molecule has 0 aromatic rings. The van der Waals surface area contributed by atoms with Crippen LogP contribution in [0.15, 0.2) is 11.6 Å². The van der Waals surface area contributed by atoms with E-state index in [9.17, 15) is 4.79 Å². The fourth-order valence-electron chi connectivity index (χ4n) is 1.59. The Balaban J connectivity index is 2.68. The molecule has 3 nitrogen and oxygen atoms in total. The predicted molar refractivity (Wildman–Crippen MR) is 51.2 cm³/mol. The summed E-state index contributed by atoms with van der Waals surface area (Å²) >= 11 is 0. The zero-order valence-corrected chi connectivity index (χ0v) is 8.46. The third-order valence-electron chi connectivity index (χ3n) is 2.48. The number of amides is 1. The Bertz CT molecular complexity index is 243. The van der Waals surface area contributed by atoms with E-state index in [1.165, 1.54) is 0 Å². The largest absolute Gasteiger partial charge is 0.442 e. The van der Waals surface area contributed by atoms with Crippen molar-refractivity contribution in [1.82, 2.24) is 0 Å². The molecule has 1 rings (SSSR count). The highest BCUT2D eigenvalue weighted by Gasteiger charge is 2.29. The summed E-state index contributed by atoms with van der Waals surface area (Å²) in [5.41, 5.74) is 6.30. The summed E-state index contributed by atoms with van der Waals surface area (Å²) in [4.78, 5) is 10.6. The first-order valence-electron chi connectivity index (χ1n) is 4.53. The summed E-state index contributed by atoms with van der Waals surface area (Å²) in [6, 6.07) is 0. The van der Waals surface area contributed by atoms with Crippen LogP contribution >= 0.6 is 0 Å². The Labute approximate surface area is 78.9 Å². The monoisotopic (exact) mass is 183 g/mol. The standard InChI is InChI=1S/C10H17NO2/c1-7-4-5-10(2,3)6-8(7)13-9(11)12/h4,8H,5-6H2,1-3H3,(H2,11,12)/t8-/m0/s1. The fourth-order valence-corrected chi connectivity index (χ4v) is 1.59. The number of hydrogen-bond acceptors (Lipinski definition) is 2. The predicted octanol–water partition coefficient (Wildman–Crippen LogP) is 2.22. The van der Waals surface area contributed by atoms with Crippen molar-refractivity contribution in [3.63, 3.8) is 0 Å². The SMILES string of the molecule is CC1=CCC(C)(C)C[C@@H]1OC(N)=O. The van der Waals surface area contributed by atoms with E-state index in [1.54, 1.807) is 0 Å². The van der Waals surface area contributed by atoms with Gasteiger partial charge in [-0.1, -0.05) is 19.9 Å². The zero-order valence-electron chi connectivity index (χ0n) is 8.46. The summed E-state index contributed by atoms with van der Waals surface area (Å²) in [5.74, 6) is 0. The molecule has 74 valence electrons. The van der Waals surface area contributed by atoms with Crippen molar-refractivity contribution in [2.45, 2.75) is 39.7 Å². The van der Waals surface area contributed by atoms with Gasteiger partial charge in [0.05, 0.1) is 0 Å². The molecule has 0 bridgehead atoms. The molecule has 0 heterocycles. The van der Waals surface area contributed by atoms with Crippen LogP contribution in [0, 0.1) is 5.41 Å². The third-order valence-corrected chi connectivity index (χ3v) is 2.48. The van der Waals surface area contributed by atoms with Crippen molar-refractivity contribution in [1.29, 1.82) is 0 Å². The van der Waals surface area contributed by atoms with Gasteiger partial charge in [0.1, 0.15) is 6.10 Å². The average molecular weight is 183 g/mol. The second-order valence-electron chi connectivity index (χ2n) is 4.45. The molecule has 0 fully saturated rings. The van der Waals surface area contributed by atoms with Crippen LogP contribution in [-0.4, -0.2) is 12.2 Å². The summed E-state index contributed by atoms with van der Waals surface area (Å²) in [7, 11) is 0. The van der Waals surface area contributed by atoms with Gasteiger partial charge in [-0.05, 0) is 30.8 Å². The van der Waals surface area contributed by atoms with Gasteiger partial charge in [0.2, 0.25) is 0 Å². The average Bonchev–Trinajstić information content (AvgIpc) is 1.95. The topological polar surface area (TPSA) is 52.3 Å². The Hall–Kier alpha value is -0.990. The quantitative estimate of drug-likeness (QED) is 0.634. The summed E-state index contributed by atoms with van der Waals surface area (Å²) in [6.07, 6.45) is 3.21. The molecular formula is C10H17NO2. The number of nitrogens with two attached hydrogens (primary N) is 1. The first kappa shape index (κ1) is 10.1. The smallest absolute Gasteiger partial charge is 0.405 e. The third kappa shape index (κ3) is 2.76. The van der Waals surface area contributed by atoms with Gasteiger partial charge in [-0.25, -0.2) is 4.79 Å². The molecule has 0 unspecified atom stereocenters. The minimum atomic E-state index is -0.685. The first-order chi connectivity index (χ1) is 5.91. The highest BCUT2D eigenvalue weighted by atomic mass is 16.6. The van der Waals surface area contributed by atoms with E-state index in [0.717, 1.165) is 18.4 Å². The molecule has 0 aliphatic heterocycles. The maximum atomic E-state index is 10.6. The Morgan fingerprint density at radius 1 is 1.69 bits per heavy atom. The van der Waals surface area contributed by atoms with E-state index in [0.29, 0.717) is 0 Å². The Morgan fingerprint density at radius 3 is 2.85 bits per heavy atom. The van der Waals surface area contributed by atoms with E-state index in [2.05, 4.69) is 19.9 Å². The van der Waals surface area contributed by atoms with E-state index in [-0.39, 0.29) is 11.5 Å². The summed E-state index contributed by atoms with van der Waals surface area (Å²) in [5, 5.41) is 0. The minimum absolute atomic E-state index is 0.124. The molecule has 2 N–H and O–H groups in total. The lowest BCUT2D eigenvalue weighted by Crippen LogP contribution is -2.31. The lowest BCUT2D eigenvalue weighted by Gasteiger charge is -2.33. The van der Waals surface area contributed by atoms with Crippen LogP contribution in [0.4, 0.5) is 4.79 Å². The molecule has 0 radical (unpaired) electrons. The van der Waals surface area contributed by atoms with E-state index in [1.807, 2.05) is 6.92 Å². The highest BCUT2D eigenvalue weighted by molar-refractivity contribution is 5.65. The fraction of sp³-hybridized carbons (Fsp3) is 0.700. The van der Waals surface area contributed by atoms with E-state index < -0.39 is 6.09 Å². The minimum Gasteiger partial charge on any atom is -0.442 e. The molecule has 0 aromatic heterocycles. The van der Waals surface area contributed by atoms with Crippen LogP contribution in [-0.2, 0) is 4.74 Å². The van der Waals surface area contributed by atoms with Gasteiger partial charge in [0, 0.05) is 0 Å². The van der Waals surface area contributed by atoms with Crippen LogP contribution in [0.5, 0.6) is 0 Å². The number of primary amides is 1. The summed E-state index contributed by atoms with van der Waals surface area (Å²) < 4.78 is 5.01. The molecule has 0 saturated heterocycles. The number of carbonyl (C=O) groups excluding carboxylic acids is 1. The number of carbonyl (C=O) groups is 1. The zero-order chi connectivity index (χ0) is 10.1. The Morgan fingerprint density at radius 2 is 2.31 bits per heavy atom. The molecule has 1 aliphatic rings. The Kier molecular flexibility index (Phi) is 2.64. The van der Waals surface area contributed by atoms with Crippen LogP contribution in [0.2, 0.25) is 0 Å².